The number of alkyl halides is 6. The van der Waals surface area contributed by atoms with Gasteiger partial charge in [-0.15, -0.1) is 13.2 Å². The van der Waals surface area contributed by atoms with Crippen molar-refractivity contribution < 1.29 is 35.5 Å². The smallest absolute Gasteiger partial charge is 0.406 e. The fourth-order valence-electron chi connectivity index (χ4n) is 3.30. The summed E-state index contributed by atoms with van der Waals surface area (Å²) in [6, 6.07) is 10.8. The van der Waals surface area contributed by atoms with E-state index in [-0.39, 0.29) is 23.5 Å². The Morgan fingerprint density at radius 1 is 0.878 bits per heavy atom. The molecule has 4 aromatic rings. The predicted octanol–water partition coefficient (Wildman–Crippen LogP) is 6.17. The van der Waals surface area contributed by atoms with Crippen LogP contribution in [0, 0.1) is 5.82 Å². The highest BCUT2D eigenvalue weighted by Gasteiger charge is 2.34. The van der Waals surface area contributed by atoms with Gasteiger partial charge in [-0.25, -0.2) is 9.82 Å². The van der Waals surface area contributed by atoms with Crippen molar-refractivity contribution in [3.63, 3.8) is 0 Å². The SMILES string of the molecule is Fc1ccc(Nc2nc(NCCc3cccnc3)nc(N/N=C/c3ccc(OC(F)(F)F)cc3)n2)cc1C(F)(F)F. The number of rotatable bonds is 10. The highest BCUT2D eigenvalue weighted by molar-refractivity contribution is 5.80. The molecule has 0 aliphatic rings. The quantitative estimate of drug-likeness (QED) is 0.116. The van der Waals surface area contributed by atoms with Crippen molar-refractivity contribution in [2.24, 2.45) is 5.10 Å². The summed E-state index contributed by atoms with van der Waals surface area (Å²) >= 11 is 0. The Hall–Kier alpha value is -5.02. The summed E-state index contributed by atoms with van der Waals surface area (Å²) in [5.41, 5.74) is 2.25. The van der Waals surface area contributed by atoms with Crippen LogP contribution in [0.4, 0.5) is 54.3 Å². The zero-order valence-corrected chi connectivity index (χ0v) is 20.6. The molecule has 9 nitrogen and oxygen atoms in total. The predicted molar refractivity (Wildman–Crippen MR) is 135 cm³/mol. The average Bonchev–Trinajstić information content (AvgIpc) is 2.90. The van der Waals surface area contributed by atoms with Gasteiger partial charge in [0.2, 0.25) is 17.8 Å². The number of ether oxygens (including phenoxy) is 1. The summed E-state index contributed by atoms with van der Waals surface area (Å²) in [7, 11) is 0. The Balaban J connectivity index is 1.51. The van der Waals surface area contributed by atoms with Crippen LogP contribution >= 0.6 is 0 Å². The molecule has 41 heavy (non-hydrogen) atoms. The van der Waals surface area contributed by atoms with Gasteiger partial charge in [0.25, 0.3) is 0 Å². The maximum atomic E-state index is 13.7. The van der Waals surface area contributed by atoms with E-state index in [0.29, 0.717) is 30.7 Å². The molecular weight excluding hydrogens is 561 g/mol. The Kier molecular flexibility index (Phi) is 8.79. The zero-order valence-electron chi connectivity index (χ0n) is 20.6. The molecule has 0 saturated carbocycles. The topological polar surface area (TPSA) is 109 Å². The number of halogens is 7. The van der Waals surface area contributed by atoms with Gasteiger partial charge in [-0.3, -0.25) is 4.98 Å². The molecule has 0 saturated heterocycles. The monoisotopic (exact) mass is 580 g/mol. The third-order valence-corrected chi connectivity index (χ3v) is 5.07. The number of hydrogen-bond donors (Lipinski definition) is 3. The second-order valence-electron chi connectivity index (χ2n) is 8.15. The van der Waals surface area contributed by atoms with Gasteiger partial charge in [-0.2, -0.15) is 33.2 Å². The van der Waals surface area contributed by atoms with Gasteiger partial charge in [0.1, 0.15) is 11.6 Å². The van der Waals surface area contributed by atoms with E-state index in [2.05, 4.69) is 45.8 Å². The lowest BCUT2D eigenvalue weighted by Gasteiger charge is -2.12. The maximum absolute atomic E-state index is 13.7. The van der Waals surface area contributed by atoms with Crippen molar-refractivity contribution in [2.75, 3.05) is 22.6 Å². The van der Waals surface area contributed by atoms with Crippen LogP contribution in [-0.2, 0) is 12.6 Å². The molecule has 4 rings (SSSR count). The van der Waals surface area contributed by atoms with Crippen LogP contribution < -0.4 is 20.8 Å². The number of hydrogen-bond acceptors (Lipinski definition) is 9. The lowest BCUT2D eigenvalue weighted by molar-refractivity contribution is -0.274. The van der Waals surface area contributed by atoms with Gasteiger partial charge in [0.05, 0.1) is 11.8 Å². The summed E-state index contributed by atoms with van der Waals surface area (Å²) < 4.78 is 93.9. The molecular formula is C25H19F7N8O. The third kappa shape index (κ3) is 9.01. The van der Waals surface area contributed by atoms with E-state index < -0.39 is 29.7 Å². The first-order valence-electron chi connectivity index (χ1n) is 11.6. The van der Waals surface area contributed by atoms with Crippen LogP contribution in [0.3, 0.4) is 0 Å². The molecule has 2 heterocycles. The van der Waals surface area contributed by atoms with Gasteiger partial charge >= 0.3 is 12.5 Å². The second-order valence-corrected chi connectivity index (χ2v) is 8.15. The van der Waals surface area contributed by atoms with Crippen molar-refractivity contribution in [2.45, 2.75) is 19.0 Å². The minimum atomic E-state index is -4.92. The molecule has 3 N–H and O–H groups in total. The van der Waals surface area contributed by atoms with Crippen LogP contribution in [-0.4, -0.2) is 39.1 Å². The van der Waals surface area contributed by atoms with Gasteiger partial charge in [-0.05, 0) is 66.1 Å². The minimum Gasteiger partial charge on any atom is -0.406 e. The molecule has 0 aliphatic carbocycles. The molecule has 2 aromatic carbocycles. The molecule has 0 unspecified atom stereocenters. The Morgan fingerprint density at radius 3 is 2.29 bits per heavy atom. The molecule has 0 fully saturated rings. The lowest BCUT2D eigenvalue weighted by Crippen LogP contribution is -2.17. The summed E-state index contributed by atoms with van der Waals surface area (Å²) in [6.45, 7) is 0.360. The first kappa shape index (κ1) is 29.0. The molecule has 2 aromatic heterocycles. The largest absolute Gasteiger partial charge is 0.573 e. The van der Waals surface area contributed by atoms with E-state index in [1.807, 2.05) is 6.07 Å². The summed E-state index contributed by atoms with van der Waals surface area (Å²) in [5, 5.41) is 9.50. The van der Waals surface area contributed by atoms with Crippen molar-refractivity contribution in [1.29, 1.82) is 0 Å². The van der Waals surface area contributed by atoms with E-state index in [1.165, 1.54) is 18.3 Å². The summed E-state index contributed by atoms with van der Waals surface area (Å²) in [6.07, 6.45) is -4.63. The first-order valence-corrected chi connectivity index (χ1v) is 11.6. The number of hydrazone groups is 1. The van der Waals surface area contributed by atoms with Gasteiger partial charge in [0, 0.05) is 24.6 Å². The number of pyridine rings is 1. The molecule has 0 bridgehead atoms. The Bertz CT molecular complexity index is 1480. The van der Waals surface area contributed by atoms with Crippen LogP contribution in [0.1, 0.15) is 16.7 Å². The van der Waals surface area contributed by atoms with E-state index in [4.69, 9.17) is 0 Å². The van der Waals surface area contributed by atoms with E-state index >= 15 is 0 Å². The highest BCUT2D eigenvalue weighted by atomic mass is 19.4. The van der Waals surface area contributed by atoms with Crippen molar-refractivity contribution >= 4 is 29.7 Å². The third-order valence-electron chi connectivity index (χ3n) is 5.07. The van der Waals surface area contributed by atoms with Crippen molar-refractivity contribution in [3.05, 3.63) is 89.5 Å². The van der Waals surface area contributed by atoms with Crippen molar-refractivity contribution in [3.8, 4) is 5.75 Å². The highest BCUT2D eigenvalue weighted by Crippen LogP contribution is 2.33. The van der Waals surface area contributed by atoms with E-state index in [9.17, 15) is 30.7 Å². The number of aromatic nitrogens is 4. The second kappa shape index (κ2) is 12.4. The van der Waals surface area contributed by atoms with Gasteiger partial charge in [0.15, 0.2) is 0 Å². The molecule has 16 heteroatoms. The summed E-state index contributed by atoms with van der Waals surface area (Å²) in [4.78, 5) is 16.4. The molecule has 0 radical (unpaired) electrons. The number of nitrogens with one attached hydrogen (secondary N) is 3. The average molecular weight is 580 g/mol. The fraction of sp³-hybridized carbons (Fsp3) is 0.160. The number of nitrogens with zero attached hydrogens (tertiary/aromatic N) is 5. The normalized spacial score (nSPS) is 11.9. The Morgan fingerprint density at radius 2 is 1.61 bits per heavy atom. The molecule has 0 spiro atoms. The van der Waals surface area contributed by atoms with E-state index in [0.717, 1.165) is 23.8 Å². The zero-order chi connectivity index (χ0) is 29.5. The molecule has 214 valence electrons. The maximum Gasteiger partial charge on any atom is 0.573 e. The number of benzene rings is 2. The molecule has 0 aliphatic heterocycles. The van der Waals surface area contributed by atoms with Gasteiger partial charge < -0.3 is 15.4 Å². The van der Waals surface area contributed by atoms with Crippen LogP contribution in [0.15, 0.2) is 72.1 Å². The lowest BCUT2D eigenvalue weighted by atomic mass is 10.2. The fourth-order valence-corrected chi connectivity index (χ4v) is 3.30. The van der Waals surface area contributed by atoms with E-state index in [1.54, 1.807) is 18.5 Å². The molecule has 0 atom stereocenters. The standard InChI is InChI=1S/C25H19F7N8O/c26-20-8-5-17(12-19(20)24(27,28)29)36-22-37-21(34-11-9-15-2-1-10-33-13-15)38-23(39-22)40-35-14-16-3-6-18(7-4-16)41-25(30,31)32/h1-8,10,12-14H,9,11H2,(H3,34,36,37,38,39,40)/b35-14+. The van der Waals surface area contributed by atoms with Gasteiger partial charge in [-0.1, -0.05) is 6.07 Å². The first-order chi connectivity index (χ1) is 19.4. The van der Waals surface area contributed by atoms with Crippen LogP contribution in [0.25, 0.3) is 0 Å². The summed E-state index contributed by atoms with van der Waals surface area (Å²) in [5.74, 6) is -2.12. The Labute approximate surface area is 227 Å². The minimum absolute atomic E-state index is 0.0379. The number of anilines is 4. The van der Waals surface area contributed by atoms with Crippen LogP contribution in [0.2, 0.25) is 0 Å². The molecule has 0 amide bonds. The van der Waals surface area contributed by atoms with Crippen LogP contribution in [0.5, 0.6) is 5.75 Å². The van der Waals surface area contributed by atoms with Crippen molar-refractivity contribution in [1.82, 2.24) is 19.9 Å².